The van der Waals surface area contributed by atoms with Gasteiger partial charge in [-0.3, -0.25) is 0 Å². The molecule has 0 aromatic rings. The Bertz CT molecular complexity index is 380. The van der Waals surface area contributed by atoms with Crippen LogP contribution in [0.3, 0.4) is 0 Å². The Labute approximate surface area is 130 Å². The number of ether oxygens (including phenoxy) is 3. The van der Waals surface area contributed by atoms with Crippen molar-refractivity contribution in [2.45, 2.75) is 61.4 Å². The minimum atomic E-state index is -1.76. The Balaban J connectivity index is 2.11. The first-order valence-corrected chi connectivity index (χ1v) is 7.08. The third kappa shape index (κ3) is 3.65. The summed E-state index contributed by atoms with van der Waals surface area (Å²) in [5.41, 5.74) is 0. The lowest BCUT2D eigenvalue weighted by molar-refractivity contribution is -0.355. The third-order valence-electron chi connectivity index (χ3n) is 3.98. The highest BCUT2D eigenvalue weighted by Gasteiger charge is 2.50. The average molecular weight is 342 g/mol. The van der Waals surface area contributed by atoms with E-state index in [2.05, 4.69) is 0 Å². The summed E-state index contributed by atoms with van der Waals surface area (Å²) >= 11 is 0. The lowest BCUT2D eigenvalue weighted by atomic mass is 9.97. The number of rotatable bonds is 4. The molecule has 0 amide bonds. The van der Waals surface area contributed by atoms with Gasteiger partial charge in [-0.2, -0.15) is 0 Å². The van der Waals surface area contributed by atoms with Crippen LogP contribution < -0.4 is 0 Å². The monoisotopic (exact) mass is 342 g/mol. The second-order valence-corrected chi connectivity index (χ2v) is 5.53. The molecule has 0 bridgehead atoms. The maximum Gasteiger partial charge on any atom is 0.187 e. The zero-order chi connectivity index (χ0) is 17.3. The molecule has 2 aliphatic rings. The molecule has 0 spiro atoms. The molecule has 2 unspecified atom stereocenters. The van der Waals surface area contributed by atoms with Gasteiger partial charge >= 0.3 is 0 Å². The lowest BCUT2D eigenvalue weighted by Crippen LogP contribution is -2.64. The maximum atomic E-state index is 10.00. The van der Waals surface area contributed by atoms with Gasteiger partial charge < -0.3 is 55.1 Å². The van der Waals surface area contributed by atoms with Crippen molar-refractivity contribution in [1.29, 1.82) is 0 Å². The number of aliphatic hydroxyl groups is 8. The third-order valence-corrected chi connectivity index (χ3v) is 3.98. The lowest BCUT2D eigenvalue weighted by Gasteiger charge is -2.45. The van der Waals surface area contributed by atoms with Crippen molar-refractivity contribution in [1.82, 2.24) is 0 Å². The van der Waals surface area contributed by atoms with Crippen molar-refractivity contribution in [3.05, 3.63) is 0 Å². The largest absolute Gasteiger partial charge is 0.394 e. The molecule has 0 aliphatic carbocycles. The Morgan fingerprint density at radius 1 is 0.652 bits per heavy atom. The highest BCUT2D eigenvalue weighted by atomic mass is 16.7. The van der Waals surface area contributed by atoms with Gasteiger partial charge in [0.15, 0.2) is 12.6 Å². The fourth-order valence-electron chi connectivity index (χ4n) is 2.56. The summed E-state index contributed by atoms with van der Waals surface area (Å²) in [6.07, 6.45) is -15.7. The average Bonchev–Trinajstić information content (AvgIpc) is 2.54. The fourth-order valence-corrected chi connectivity index (χ4v) is 2.56. The standard InChI is InChI=1S/C12H22O11/c13-1-3-5(15)7(17)8(18)12(22-3)23-10-6(16)4(2-14)21-11(20)9(10)19/h3-20H,1-2H2/t3-,4-,5-,6+,7+,8-,9-,10?,11?,12+/m1/s1. The molecule has 0 saturated carbocycles. The van der Waals surface area contributed by atoms with Gasteiger partial charge in [-0.1, -0.05) is 0 Å². The molecule has 0 aromatic carbocycles. The normalized spacial score (nSPS) is 51.7. The fraction of sp³-hybridized carbons (Fsp3) is 1.00. The summed E-state index contributed by atoms with van der Waals surface area (Å²) in [4.78, 5) is 0. The van der Waals surface area contributed by atoms with Crippen molar-refractivity contribution >= 4 is 0 Å². The van der Waals surface area contributed by atoms with Crippen molar-refractivity contribution < 1.29 is 55.1 Å². The molecular formula is C12H22O11. The topological polar surface area (TPSA) is 190 Å². The molecule has 8 N–H and O–H groups in total. The van der Waals surface area contributed by atoms with E-state index in [-0.39, 0.29) is 0 Å². The van der Waals surface area contributed by atoms with Crippen molar-refractivity contribution in [2.24, 2.45) is 0 Å². The summed E-state index contributed by atoms with van der Waals surface area (Å²) in [6, 6.07) is 0. The first kappa shape index (κ1) is 18.9. The zero-order valence-corrected chi connectivity index (χ0v) is 12.0. The molecule has 2 aliphatic heterocycles. The minimum absolute atomic E-state index is 0.667. The van der Waals surface area contributed by atoms with Gasteiger partial charge in [0.1, 0.15) is 48.8 Å². The number of hydrogen-bond acceptors (Lipinski definition) is 11. The van der Waals surface area contributed by atoms with E-state index in [0.717, 1.165) is 0 Å². The van der Waals surface area contributed by atoms with Crippen LogP contribution in [0.25, 0.3) is 0 Å². The molecule has 0 aromatic heterocycles. The predicted molar refractivity (Wildman–Crippen MR) is 68.6 cm³/mol. The smallest absolute Gasteiger partial charge is 0.187 e. The SMILES string of the molecule is OC[C@H]1O[C@@H](OC2[C@@H](O)C(O)O[C@H](CO)[C@@H]2O)[C@H](O)[C@@H](O)[C@@H]1O. The zero-order valence-electron chi connectivity index (χ0n) is 12.0. The van der Waals surface area contributed by atoms with E-state index in [1.54, 1.807) is 0 Å². The molecule has 0 radical (unpaired) electrons. The molecule has 2 fully saturated rings. The highest BCUT2D eigenvalue weighted by molar-refractivity contribution is 4.93. The highest BCUT2D eigenvalue weighted by Crippen LogP contribution is 2.28. The van der Waals surface area contributed by atoms with Gasteiger partial charge in [0.25, 0.3) is 0 Å². The second-order valence-electron chi connectivity index (χ2n) is 5.53. The van der Waals surface area contributed by atoms with E-state index in [1.807, 2.05) is 0 Å². The number of hydrogen-bond donors (Lipinski definition) is 8. The molecule has 11 heteroatoms. The van der Waals surface area contributed by atoms with Crippen LogP contribution in [0.5, 0.6) is 0 Å². The van der Waals surface area contributed by atoms with Crippen molar-refractivity contribution in [3.8, 4) is 0 Å². The molecular weight excluding hydrogens is 320 g/mol. The summed E-state index contributed by atoms with van der Waals surface area (Å²) in [6.45, 7) is -1.34. The molecule has 2 saturated heterocycles. The van der Waals surface area contributed by atoms with Crippen LogP contribution in [0, 0.1) is 0 Å². The van der Waals surface area contributed by atoms with Gasteiger partial charge in [0.05, 0.1) is 13.2 Å². The molecule has 10 atom stereocenters. The second kappa shape index (κ2) is 7.63. The molecule has 23 heavy (non-hydrogen) atoms. The van der Waals surface area contributed by atoms with Crippen LogP contribution >= 0.6 is 0 Å². The first-order valence-electron chi connectivity index (χ1n) is 7.08. The Morgan fingerprint density at radius 3 is 1.78 bits per heavy atom. The first-order chi connectivity index (χ1) is 10.8. The Hall–Kier alpha value is -0.440. The predicted octanol–water partition coefficient (Wildman–Crippen LogP) is -5.40. The van der Waals surface area contributed by atoms with E-state index < -0.39 is 74.6 Å². The van der Waals surface area contributed by atoms with Crippen LogP contribution in [0.2, 0.25) is 0 Å². The van der Waals surface area contributed by atoms with Crippen molar-refractivity contribution in [3.63, 3.8) is 0 Å². The Kier molecular flexibility index (Phi) is 6.27. The maximum absolute atomic E-state index is 10.00. The quantitative estimate of drug-likeness (QED) is 0.243. The molecule has 11 nitrogen and oxygen atoms in total. The minimum Gasteiger partial charge on any atom is -0.394 e. The summed E-state index contributed by atoms with van der Waals surface area (Å²) in [5, 5.41) is 76.8. The van der Waals surface area contributed by atoms with Crippen LogP contribution in [0.15, 0.2) is 0 Å². The van der Waals surface area contributed by atoms with E-state index in [9.17, 15) is 30.6 Å². The van der Waals surface area contributed by atoms with Gasteiger partial charge in [-0.05, 0) is 0 Å². The number of aliphatic hydroxyl groups excluding tert-OH is 8. The summed E-state index contributed by atoms with van der Waals surface area (Å²) in [5.74, 6) is 0. The molecule has 2 rings (SSSR count). The van der Waals surface area contributed by atoms with E-state index >= 15 is 0 Å². The van der Waals surface area contributed by atoms with Crippen molar-refractivity contribution in [2.75, 3.05) is 13.2 Å². The van der Waals surface area contributed by atoms with Crippen LogP contribution in [-0.4, -0.2) is 115 Å². The van der Waals surface area contributed by atoms with Gasteiger partial charge in [-0.15, -0.1) is 0 Å². The van der Waals surface area contributed by atoms with E-state index in [0.29, 0.717) is 0 Å². The van der Waals surface area contributed by atoms with Crippen LogP contribution in [0.1, 0.15) is 0 Å². The van der Waals surface area contributed by atoms with E-state index in [4.69, 9.17) is 24.4 Å². The van der Waals surface area contributed by atoms with Gasteiger partial charge in [0, 0.05) is 0 Å². The van der Waals surface area contributed by atoms with Gasteiger partial charge in [-0.25, -0.2) is 0 Å². The molecule has 136 valence electrons. The Morgan fingerprint density at radius 2 is 1.22 bits per heavy atom. The van der Waals surface area contributed by atoms with Crippen LogP contribution in [-0.2, 0) is 14.2 Å². The molecule has 2 heterocycles. The van der Waals surface area contributed by atoms with E-state index in [1.165, 1.54) is 0 Å². The van der Waals surface area contributed by atoms with Gasteiger partial charge in [0.2, 0.25) is 0 Å². The summed E-state index contributed by atoms with van der Waals surface area (Å²) < 4.78 is 15.1. The van der Waals surface area contributed by atoms with Crippen LogP contribution in [0.4, 0.5) is 0 Å². The summed E-state index contributed by atoms with van der Waals surface area (Å²) in [7, 11) is 0.